The van der Waals surface area contributed by atoms with Gasteiger partial charge in [-0.05, 0) is 45.1 Å². The van der Waals surface area contributed by atoms with Gasteiger partial charge in [-0.3, -0.25) is 4.79 Å². The summed E-state index contributed by atoms with van der Waals surface area (Å²) in [5.41, 5.74) is 2.47. The van der Waals surface area contributed by atoms with E-state index in [1.165, 1.54) is 0 Å². The smallest absolute Gasteiger partial charge is 0.326 e. The second-order valence-corrected chi connectivity index (χ2v) is 6.99. The number of aliphatic carboxylic acids is 1. The van der Waals surface area contributed by atoms with Gasteiger partial charge in [-0.2, -0.15) is 0 Å². The summed E-state index contributed by atoms with van der Waals surface area (Å²) in [6, 6.07) is 0.966. The fourth-order valence-corrected chi connectivity index (χ4v) is 2.59. The molecule has 0 aliphatic heterocycles. The van der Waals surface area contributed by atoms with Crippen molar-refractivity contribution in [2.45, 2.75) is 67.0 Å². The molecule has 0 bridgehead atoms. The van der Waals surface area contributed by atoms with Crippen LogP contribution in [-0.2, 0) is 11.3 Å². The predicted octanol–water partition coefficient (Wildman–Crippen LogP) is 3.13. The van der Waals surface area contributed by atoms with Crippen LogP contribution in [0.5, 0.6) is 0 Å². The minimum atomic E-state index is -0.984. The van der Waals surface area contributed by atoms with Gasteiger partial charge in [-0.15, -0.1) is 0 Å². The Bertz CT molecular complexity index is 553. The summed E-state index contributed by atoms with van der Waals surface area (Å²) in [6.07, 6.45) is 1.16. The quantitative estimate of drug-likeness (QED) is 0.848. The highest BCUT2D eigenvalue weighted by Crippen LogP contribution is 2.22. The molecule has 124 valence electrons. The first-order valence-corrected chi connectivity index (χ1v) is 7.77. The summed E-state index contributed by atoms with van der Waals surface area (Å²) >= 11 is 0. The molecule has 0 radical (unpaired) electrons. The zero-order valence-electron chi connectivity index (χ0n) is 14.5. The number of carbonyl (C=O) groups is 2. The zero-order chi connectivity index (χ0) is 17.1. The molecule has 1 heterocycles. The van der Waals surface area contributed by atoms with Crippen LogP contribution in [0.1, 0.15) is 62.3 Å². The van der Waals surface area contributed by atoms with Gasteiger partial charge in [0.1, 0.15) is 6.04 Å². The van der Waals surface area contributed by atoms with Gasteiger partial charge in [0, 0.05) is 17.9 Å². The maximum atomic E-state index is 12.4. The van der Waals surface area contributed by atoms with E-state index in [1.807, 2.05) is 31.4 Å². The van der Waals surface area contributed by atoms with Crippen LogP contribution in [0.2, 0.25) is 0 Å². The summed E-state index contributed by atoms with van der Waals surface area (Å²) in [4.78, 5) is 23.8. The maximum absolute atomic E-state index is 12.4. The number of aromatic nitrogens is 1. The molecule has 0 fully saturated rings. The Labute approximate surface area is 132 Å². The molecular formula is C17H28N2O3. The second kappa shape index (κ2) is 6.99. The van der Waals surface area contributed by atoms with E-state index in [9.17, 15) is 14.7 Å². The summed E-state index contributed by atoms with van der Waals surface area (Å²) in [5, 5.41) is 12.0. The number of carboxylic acid groups (broad SMARTS) is 1. The highest BCUT2D eigenvalue weighted by molar-refractivity contribution is 5.97. The molecule has 1 aromatic rings. The van der Waals surface area contributed by atoms with Crippen molar-refractivity contribution >= 4 is 11.9 Å². The van der Waals surface area contributed by atoms with E-state index in [2.05, 4.69) is 26.1 Å². The number of hydrogen-bond donors (Lipinski definition) is 2. The lowest BCUT2D eigenvalue weighted by Crippen LogP contribution is -2.41. The lowest BCUT2D eigenvalue weighted by Gasteiger charge is -2.21. The highest BCUT2D eigenvalue weighted by atomic mass is 16.4. The summed E-state index contributed by atoms with van der Waals surface area (Å²) in [5.74, 6) is -1.30. The van der Waals surface area contributed by atoms with E-state index in [-0.39, 0.29) is 11.3 Å². The molecule has 5 heteroatoms. The van der Waals surface area contributed by atoms with Crippen LogP contribution in [0, 0.1) is 19.3 Å². The van der Waals surface area contributed by atoms with Crippen molar-refractivity contribution in [3.05, 3.63) is 23.0 Å². The predicted molar refractivity (Wildman–Crippen MR) is 87.2 cm³/mol. The van der Waals surface area contributed by atoms with Gasteiger partial charge in [-0.25, -0.2) is 4.79 Å². The molecule has 1 aromatic heterocycles. The van der Waals surface area contributed by atoms with Gasteiger partial charge < -0.3 is 15.0 Å². The number of carboxylic acids is 1. The van der Waals surface area contributed by atoms with Crippen molar-refractivity contribution in [3.63, 3.8) is 0 Å². The van der Waals surface area contributed by atoms with Crippen molar-refractivity contribution in [2.75, 3.05) is 0 Å². The average Bonchev–Trinajstić information content (AvgIpc) is 2.67. The van der Waals surface area contributed by atoms with E-state index in [0.717, 1.165) is 24.4 Å². The van der Waals surface area contributed by atoms with Gasteiger partial charge in [-0.1, -0.05) is 20.8 Å². The van der Waals surface area contributed by atoms with Crippen molar-refractivity contribution in [1.82, 2.24) is 9.88 Å². The van der Waals surface area contributed by atoms with Gasteiger partial charge in [0.15, 0.2) is 0 Å². The van der Waals surface area contributed by atoms with Crippen LogP contribution >= 0.6 is 0 Å². The standard InChI is InChI=1S/C17H28N2O3/c1-7-19-11(2)10-13(12(19)3)15(20)18-14(16(21)22)8-9-17(4,5)6/h10,14H,7-9H2,1-6H3,(H,18,20)(H,21,22). The molecule has 5 nitrogen and oxygen atoms in total. The van der Waals surface area contributed by atoms with Gasteiger partial charge in [0.25, 0.3) is 5.91 Å². The molecular weight excluding hydrogens is 280 g/mol. The summed E-state index contributed by atoms with van der Waals surface area (Å²) in [7, 11) is 0. The number of aryl methyl sites for hydroxylation is 1. The number of rotatable bonds is 6. The average molecular weight is 308 g/mol. The Kier molecular flexibility index (Phi) is 5.80. The van der Waals surface area contributed by atoms with Crippen LogP contribution in [0.25, 0.3) is 0 Å². The number of amides is 1. The molecule has 0 spiro atoms. The summed E-state index contributed by atoms with van der Waals surface area (Å²) < 4.78 is 2.04. The van der Waals surface area contributed by atoms with Crippen LogP contribution in [0.15, 0.2) is 6.07 Å². The Morgan fingerprint density at radius 3 is 2.32 bits per heavy atom. The SMILES string of the molecule is CCn1c(C)cc(C(=O)NC(CCC(C)(C)C)C(=O)O)c1C. The Morgan fingerprint density at radius 2 is 1.91 bits per heavy atom. The van der Waals surface area contributed by atoms with Gasteiger partial charge in [0.2, 0.25) is 0 Å². The van der Waals surface area contributed by atoms with Crippen molar-refractivity contribution in [3.8, 4) is 0 Å². The highest BCUT2D eigenvalue weighted by Gasteiger charge is 2.24. The first-order valence-electron chi connectivity index (χ1n) is 7.77. The molecule has 0 saturated heterocycles. The van der Waals surface area contributed by atoms with Crippen LogP contribution in [0.3, 0.4) is 0 Å². The topological polar surface area (TPSA) is 71.3 Å². The third-order valence-electron chi connectivity index (χ3n) is 3.92. The van der Waals surface area contributed by atoms with Crippen molar-refractivity contribution in [2.24, 2.45) is 5.41 Å². The molecule has 0 aromatic carbocycles. The Hall–Kier alpha value is -1.78. The van der Waals surface area contributed by atoms with Gasteiger partial charge >= 0.3 is 5.97 Å². The first-order chi connectivity index (χ1) is 10.1. The Balaban J connectivity index is 2.86. The number of carbonyl (C=O) groups excluding carboxylic acids is 1. The molecule has 1 rings (SSSR count). The molecule has 1 atom stereocenters. The van der Waals surface area contributed by atoms with Crippen LogP contribution in [-0.4, -0.2) is 27.6 Å². The Morgan fingerprint density at radius 1 is 1.32 bits per heavy atom. The fourth-order valence-electron chi connectivity index (χ4n) is 2.59. The van der Waals surface area contributed by atoms with Crippen molar-refractivity contribution < 1.29 is 14.7 Å². The molecule has 0 saturated carbocycles. The lowest BCUT2D eigenvalue weighted by molar-refractivity contribution is -0.139. The molecule has 22 heavy (non-hydrogen) atoms. The van der Waals surface area contributed by atoms with Crippen LogP contribution in [0.4, 0.5) is 0 Å². The maximum Gasteiger partial charge on any atom is 0.326 e. The normalized spacial score (nSPS) is 13.0. The second-order valence-electron chi connectivity index (χ2n) is 6.99. The largest absolute Gasteiger partial charge is 0.480 e. The van der Waals surface area contributed by atoms with Crippen LogP contribution < -0.4 is 5.32 Å². The molecule has 2 N–H and O–H groups in total. The third kappa shape index (κ3) is 4.61. The van der Waals surface area contributed by atoms with E-state index in [0.29, 0.717) is 12.0 Å². The minimum absolute atomic E-state index is 0.0382. The molecule has 0 aliphatic carbocycles. The molecule has 1 unspecified atom stereocenters. The number of nitrogens with zero attached hydrogens (tertiary/aromatic N) is 1. The van der Waals surface area contributed by atoms with E-state index in [1.54, 1.807) is 0 Å². The summed E-state index contributed by atoms with van der Waals surface area (Å²) in [6.45, 7) is 12.8. The zero-order valence-corrected chi connectivity index (χ0v) is 14.5. The number of hydrogen-bond acceptors (Lipinski definition) is 2. The van der Waals surface area contributed by atoms with Gasteiger partial charge in [0.05, 0.1) is 5.56 Å². The van der Waals surface area contributed by atoms with E-state index >= 15 is 0 Å². The first kappa shape index (κ1) is 18.3. The third-order valence-corrected chi connectivity index (χ3v) is 3.92. The number of nitrogens with one attached hydrogen (secondary N) is 1. The van der Waals surface area contributed by atoms with E-state index < -0.39 is 12.0 Å². The fraction of sp³-hybridized carbons (Fsp3) is 0.647. The minimum Gasteiger partial charge on any atom is -0.480 e. The monoisotopic (exact) mass is 308 g/mol. The lowest BCUT2D eigenvalue weighted by atomic mass is 9.88. The molecule has 0 aliphatic rings. The van der Waals surface area contributed by atoms with E-state index in [4.69, 9.17) is 0 Å². The molecule has 1 amide bonds. The van der Waals surface area contributed by atoms with Crippen molar-refractivity contribution in [1.29, 1.82) is 0 Å².